The number of nitrogens with one attached hydrogen (secondary N) is 1. The molecule has 3 aromatic carbocycles. The number of benzene rings is 3. The topological polar surface area (TPSA) is 47.6 Å². The second-order valence-corrected chi connectivity index (χ2v) is 6.48. The molecule has 4 heteroatoms. The zero-order chi connectivity index (χ0) is 19.1. The first-order valence-electron chi connectivity index (χ1n) is 9.22. The van der Waals surface area contributed by atoms with Crippen LogP contribution in [0.5, 0.6) is 11.5 Å². The van der Waals surface area contributed by atoms with Crippen LogP contribution >= 0.6 is 0 Å². The lowest BCUT2D eigenvalue weighted by molar-refractivity contribution is -0.127. The van der Waals surface area contributed by atoms with Gasteiger partial charge in [-0.15, -0.1) is 0 Å². The molecule has 0 fully saturated rings. The molecule has 27 heavy (non-hydrogen) atoms. The van der Waals surface area contributed by atoms with Crippen LogP contribution in [-0.4, -0.2) is 25.7 Å². The quantitative estimate of drug-likeness (QED) is 0.605. The third-order valence-electron chi connectivity index (χ3n) is 4.52. The van der Waals surface area contributed by atoms with E-state index in [2.05, 4.69) is 5.32 Å². The summed E-state index contributed by atoms with van der Waals surface area (Å²) in [5.41, 5.74) is 1.23. The van der Waals surface area contributed by atoms with Crippen LogP contribution in [0.15, 0.2) is 66.7 Å². The molecular weight excluding hydrogens is 338 g/mol. The molecular formula is C23H25NO3. The molecule has 0 aliphatic heterocycles. The Morgan fingerprint density at radius 3 is 2.52 bits per heavy atom. The van der Waals surface area contributed by atoms with Gasteiger partial charge in [-0.05, 0) is 48.9 Å². The molecule has 1 amide bonds. The lowest BCUT2D eigenvalue weighted by atomic mass is 10.1. The molecule has 4 nitrogen and oxygen atoms in total. The Bertz CT molecular complexity index is 884. The van der Waals surface area contributed by atoms with Gasteiger partial charge in [-0.3, -0.25) is 4.79 Å². The number of carbonyl (C=O) groups is 1. The third-order valence-corrected chi connectivity index (χ3v) is 4.52. The average Bonchev–Trinajstić information content (AvgIpc) is 2.71. The average molecular weight is 363 g/mol. The highest BCUT2D eigenvalue weighted by Gasteiger charge is 2.15. The first-order chi connectivity index (χ1) is 13.2. The van der Waals surface area contributed by atoms with E-state index in [1.807, 2.05) is 66.7 Å². The number of hydrogen-bond donors (Lipinski definition) is 1. The van der Waals surface area contributed by atoms with Gasteiger partial charge in [-0.1, -0.05) is 48.5 Å². The molecule has 0 spiro atoms. The standard InChI is InChI=1S/C23H25NO3/c1-17(27-22-11-5-9-19-8-3-4-10-21(19)22)23(25)24-16-6-7-18-12-14-20(26-2)15-13-18/h3-5,8-15,17H,6-7,16H2,1-2H3,(H,24,25). The van der Waals surface area contributed by atoms with Gasteiger partial charge in [0.1, 0.15) is 11.5 Å². The molecule has 0 heterocycles. The van der Waals surface area contributed by atoms with Crippen LogP contribution in [0.2, 0.25) is 0 Å². The largest absolute Gasteiger partial charge is 0.497 e. The molecule has 0 aliphatic rings. The van der Waals surface area contributed by atoms with Crippen LogP contribution in [0.25, 0.3) is 10.8 Å². The van der Waals surface area contributed by atoms with Crippen molar-refractivity contribution in [1.82, 2.24) is 5.32 Å². The fraction of sp³-hybridized carbons (Fsp3) is 0.261. The molecule has 0 aromatic heterocycles. The molecule has 1 unspecified atom stereocenters. The molecule has 1 atom stereocenters. The molecule has 0 bridgehead atoms. The Kier molecular flexibility index (Phi) is 6.31. The summed E-state index contributed by atoms with van der Waals surface area (Å²) in [6.07, 6.45) is 1.24. The van der Waals surface area contributed by atoms with Crippen LogP contribution in [-0.2, 0) is 11.2 Å². The molecule has 0 saturated carbocycles. The summed E-state index contributed by atoms with van der Waals surface area (Å²) in [6.45, 7) is 2.40. The Morgan fingerprint density at radius 2 is 1.74 bits per heavy atom. The maximum absolute atomic E-state index is 12.3. The van der Waals surface area contributed by atoms with E-state index in [4.69, 9.17) is 9.47 Å². The zero-order valence-corrected chi connectivity index (χ0v) is 15.8. The summed E-state index contributed by atoms with van der Waals surface area (Å²) in [5, 5.41) is 5.07. The highest BCUT2D eigenvalue weighted by atomic mass is 16.5. The van der Waals surface area contributed by atoms with Crippen LogP contribution in [0.4, 0.5) is 0 Å². The van der Waals surface area contributed by atoms with Crippen molar-refractivity contribution in [3.05, 3.63) is 72.3 Å². The van der Waals surface area contributed by atoms with Crippen LogP contribution in [0, 0.1) is 0 Å². The summed E-state index contributed by atoms with van der Waals surface area (Å²) in [6, 6.07) is 21.9. The Morgan fingerprint density at radius 1 is 1.00 bits per heavy atom. The number of ether oxygens (including phenoxy) is 2. The zero-order valence-electron chi connectivity index (χ0n) is 15.8. The van der Waals surface area contributed by atoms with Gasteiger partial charge in [0.05, 0.1) is 7.11 Å². The Balaban J connectivity index is 1.47. The van der Waals surface area contributed by atoms with Crippen molar-refractivity contribution < 1.29 is 14.3 Å². The molecule has 0 aliphatic carbocycles. The number of carbonyl (C=O) groups excluding carboxylic acids is 1. The number of fused-ring (bicyclic) bond motifs is 1. The smallest absolute Gasteiger partial charge is 0.260 e. The monoisotopic (exact) mass is 363 g/mol. The Labute approximate surface area is 160 Å². The van der Waals surface area contributed by atoms with Crippen LogP contribution in [0.1, 0.15) is 18.9 Å². The van der Waals surface area contributed by atoms with Crippen molar-refractivity contribution in [2.75, 3.05) is 13.7 Å². The number of methoxy groups -OCH3 is 1. The summed E-state index contributed by atoms with van der Waals surface area (Å²) < 4.78 is 11.1. The molecule has 0 radical (unpaired) electrons. The van der Waals surface area contributed by atoms with Gasteiger partial charge in [0.2, 0.25) is 0 Å². The van der Waals surface area contributed by atoms with E-state index in [1.165, 1.54) is 5.56 Å². The van der Waals surface area contributed by atoms with Crippen molar-refractivity contribution in [1.29, 1.82) is 0 Å². The van der Waals surface area contributed by atoms with Crippen molar-refractivity contribution >= 4 is 16.7 Å². The van der Waals surface area contributed by atoms with E-state index in [0.717, 1.165) is 35.1 Å². The number of aryl methyl sites for hydroxylation is 1. The number of hydrogen-bond acceptors (Lipinski definition) is 3. The van der Waals surface area contributed by atoms with Crippen molar-refractivity contribution in [2.45, 2.75) is 25.9 Å². The minimum Gasteiger partial charge on any atom is -0.497 e. The lowest BCUT2D eigenvalue weighted by Crippen LogP contribution is -2.37. The highest BCUT2D eigenvalue weighted by Crippen LogP contribution is 2.26. The maximum atomic E-state index is 12.3. The molecule has 140 valence electrons. The molecule has 0 saturated heterocycles. The van der Waals surface area contributed by atoms with Crippen molar-refractivity contribution in [2.24, 2.45) is 0 Å². The fourth-order valence-corrected chi connectivity index (χ4v) is 2.98. The Hall–Kier alpha value is -3.01. The van der Waals surface area contributed by atoms with Gasteiger partial charge < -0.3 is 14.8 Å². The summed E-state index contributed by atoms with van der Waals surface area (Å²) >= 11 is 0. The van der Waals surface area contributed by atoms with Gasteiger partial charge in [-0.2, -0.15) is 0 Å². The van der Waals surface area contributed by atoms with Gasteiger partial charge >= 0.3 is 0 Å². The normalized spacial score (nSPS) is 11.8. The van der Waals surface area contributed by atoms with E-state index in [-0.39, 0.29) is 5.91 Å². The number of amides is 1. The van der Waals surface area contributed by atoms with E-state index >= 15 is 0 Å². The minimum absolute atomic E-state index is 0.0994. The maximum Gasteiger partial charge on any atom is 0.260 e. The highest BCUT2D eigenvalue weighted by molar-refractivity contribution is 5.89. The second-order valence-electron chi connectivity index (χ2n) is 6.48. The predicted octanol–water partition coefficient (Wildman–Crippen LogP) is 4.36. The van der Waals surface area contributed by atoms with E-state index in [1.54, 1.807) is 14.0 Å². The van der Waals surface area contributed by atoms with E-state index in [0.29, 0.717) is 6.54 Å². The SMILES string of the molecule is COc1ccc(CCCNC(=O)C(C)Oc2cccc3ccccc23)cc1. The third kappa shape index (κ3) is 5.00. The lowest BCUT2D eigenvalue weighted by Gasteiger charge is -2.16. The van der Waals surface area contributed by atoms with E-state index < -0.39 is 6.10 Å². The van der Waals surface area contributed by atoms with E-state index in [9.17, 15) is 4.79 Å². The van der Waals surface area contributed by atoms with Gasteiger partial charge in [0.25, 0.3) is 5.91 Å². The fourth-order valence-electron chi connectivity index (χ4n) is 2.98. The summed E-state index contributed by atoms with van der Waals surface area (Å²) in [5.74, 6) is 1.48. The summed E-state index contributed by atoms with van der Waals surface area (Å²) in [7, 11) is 1.66. The van der Waals surface area contributed by atoms with Gasteiger partial charge in [0.15, 0.2) is 6.10 Å². The molecule has 3 rings (SSSR count). The first kappa shape index (κ1) is 18.8. The van der Waals surface area contributed by atoms with Crippen molar-refractivity contribution in [3.63, 3.8) is 0 Å². The van der Waals surface area contributed by atoms with Gasteiger partial charge in [0, 0.05) is 11.9 Å². The number of rotatable bonds is 8. The van der Waals surface area contributed by atoms with Crippen LogP contribution < -0.4 is 14.8 Å². The summed E-state index contributed by atoms with van der Waals surface area (Å²) in [4.78, 5) is 12.3. The van der Waals surface area contributed by atoms with Crippen molar-refractivity contribution in [3.8, 4) is 11.5 Å². The molecule has 3 aromatic rings. The predicted molar refractivity (Wildman–Crippen MR) is 108 cm³/mol. The molecule has 1 N–H and O–H groups in total. The minimum atomic E-state index is -0.545. The second kappa shape index (κ2) is 9.08. The van der Waals surface area contributed by atoms with Crippen LogP contribution in [0.3, 0.4) is 0 Å². The first-order valence-corrected chi connectivity index (χ1v) is 9.22. The van der Waals surface area contributed by atoms with Gasteiger partial charge in [-0.25, -0.2) is 0 Å².